The standard InChI is InChI=1S/C23H24FN3O2/c1-29-21-10-9-18(24)14-20(21)23(28)17-6-4-12-26(15-17)16-19-7-5-13-27(19)22-8-2-3-11-25-22/h2-3,5,7-11,13-14,17H,4,6,12,15-16H2,1H3/t17-/m0/s1. The van der Waals surface area contributed by atoms with Gasteiger partial charge < -0.3 is 9.30 Å². The number of methoxy groups -OCH3 is 1. The van der Waals surface area contributed by atoms with Gasteiger partial charge in [-0.15, -0.1) is 0 Å². The number of carbonyl (C=O) groups excluding carboxylic acids is 1. The molecule has 1 atom stereocenters. The lowest BCUT2D eigenvalue weighted by atomic mass is 9.89. The SMILES string of the molecule is COc1ccc(F)cc1C(=O)[C@H]1CCCN(Cc2cccn2-c2ccccn2)C1. The third-order valence-electron chi connectivity index (χ3n) is 5.42. The highest BCUT2D eigenvalue weighted by atomic mass is 19.1. The largest absolute Gasteiger partial charge is 0.496 e. The molecule has 3 heterocycles. The van der Waals surface area contributed by atoms with Crippen LogP contribution in [0.1, 0.15) is 28.9 Å². The predicted molar refractivity (Wildman–Crippen MR) is 109 cm³/mol. The summed E-state index contributed by atoms with van der Waals surface area (Å²) in [5, 5.41) is 0. The van der Waals surface area contributed by atoms with Crippen molar-refractivity contribution in [1.82, 2.24) is 14.5 Å². The van der Waals surface area contributed by atoms with Gasteiger partial charge >= 0.3 is 0 Å². The molecule has 0 amide bonds. The summed E-state index contributed by atoms with van der Waals surface area (Å²) in [5.74, 6) is 0.665. The number of nitrogens with zero attached hydrogens (tertiary/aromatic N) is 3. The number of hydrogen-bond acceptors (Lipinski definition) is 4. The summed E-state index contributed by atoms with van der Waals surface area (Å²) in [7, 11) is 1.50. The van der Waals surface area contributed by atoms with Crippen LogP contribution in [0.2, 0.25) is 0 Å². The fraction of sp³-hybridized carbons (Fsp3) is 0.304. The zero-order valence-corrected chi connectivity index (χ0v) is 16.4. The Morgan fingerprint density at radius 2 is 2.14 bits per heavy atom. The minimum Gasteiger partial charge on any atom is -0.496 e. The topological polar surface area (TPSA) is 47.4 Å². The van der Waals surface area contributed by atoms with E-state index in [4.69, 9.17) is 4.74 Å². The van der Waals surface area contributed by atoms with Gasteiger partial charge in [0.2, 0.25) is 0 Å². The van der Waals surface area contributed by atoms with Gasteiger partial charge in [-0.05, 0) is 61.9 Å². The van der Waals surface area contributed by atoms with Crippen LogP contribution in [0.3, 0.4) is 0 Å². The fourth-order valence-corrected chi connectivity index (χ4v) is 4.00. The normalized spacial score (nSPS) is 17.2. The van der Waals surface area contributed by atoms with Gasteiger partial charge in [0.15, 0.2) is 5.78 Å². The van der Waals surface area contributed by atoms with E-state index in [1.165, 1.54) is 25.3 Å². The summed E-state index contributed by atoms with van der Waals surface area (Å²) in [5.41, 5.74) is 1.45. The molecule has 0 aliphatic carbocycles. The molecule has 2 aromatic heterocycles. The number of aromatic nitrogens is 2. The number of benzene rings is 1. The molecule has 1 aliphatic heterocycles. The number of halogens is 1. The predicted octanol–water partition coefficient (Wildman–Crippen LogP) is 4.11. The molecule has 150 valence electrons. The molecule has 29 heavy (non-hydrogen) atoms. The maximum absolute atomic E-state index is 13.7. The van der Waals surface area contributed by atoms with E-state index in [-0.39, 0.29) is 11.7 Å². The Morgan fingerprint density at radius 1 is 1.24 bits per heavy atom. The molecule has 4 rings (SSSR count). The van der Waals surface area contributed by atoms with E-state index in [1.807, 2.05) is 30.5 Å². The quantitative estimate of drug-likeness (QED) is 0.591. The molecule has 1 aromatic carbocycles. The number of Topliss-reactive ketones (excluding diaryl/α,β-unsaturated/α-hetero) is 1. The number of carbonyl (C=O) groups is 1. The molecule has 0 saturated carbocycles. The van der Waals surface area contributed by atoms with Gasteiger partial charge in [0.05, 0.1) is 12.7 Å². The molecule has 5 nitrogen and oxygen atoms in total. The number of ketones is 1. The Hall–Kier alpha value is -2.99. The Kier molecular flexibility index (Phi) is 5.71. The molecule has 1 aliphatic rings. The van der Waals surface area contributed by atoms with Crippen molar-refractivity contribution in [3.8, 4) is 11.6 Å². The third-order valence-corrected chi connectivity index (χ3v) is 5.42. The third kappa shape index (κ3) is 4.22. The molecule has 0 spiro atoms. The van der Waals surface area contributed by atoms with Crippen molar-refractivity contribution in [3.05, 3.63) is 78.0 Å². The van der Waals surface area contributed by atoms with Gasteiger partial charge in [0, 0.05) is 37.1 Å². The highest BCUT2D eigenvalue weighted by Gasteiger charge is 2.29. The summed E-state index contributed by atoms with van der Waals surface area (Å²) in [6.45, 7) is 2.30. The lowest BCUT2D eigenvalue weighted by Crippen LogP contribution is -2.38. The average molecular weight is 393 g/mol. The maximum Gasteiger partial charge on any atom is 0.171 e. The van der Waals surface area contributed by atoms with Gasteiger partial charge in [-0.3, -0.25) is 9.69 Å². The second-order valence-electron chi connectivity index (χ2n) is 7.34. The van der Waals surface area contributed by atoms with E-state index in [1.54, 1.807) is 6.20 Å². The lowest BCUT2D eigenvalue weighted by molar-refractivity contribution is 0.0806. The number of ether oxygens (including phenoxy) is 1. The van der Waals surface area contributed by atoms with Crippen LogP contribution in [0.5, 0.6) is 5.75 Å². The van der Waals surface area contributed by atoms with Crippen LogP contribution in [0.25, 0.3) is 5.82 Å². The molecule has 6 heteroatoms. The number of pyridine rings is 1. The second kappa shape index (κ2) is 8.57. The first-order chi connectivity index (χ1) is 14.2. The first-order valence-corrected chi connectivity index (χ1v) is 9.83. The smallest absolute Gasteiger partial charge is 0.171 e. The Bertz CT molecular complexity index is 987. The summed E-state index contributed by atoms with van der Waals surface area (Å²) < 4.78 is 21.1. The number of piperidine rings is 1. The van der Waals surface area contributed by atoms with Gasteiger partial charge in [0.25, 0.3) is 0 Å². The van der Waals surface area contributed by atoms with Gasteiger partial charge in [0.1, 0.15) is 17.4 Å². The molecule has 1 saturated heterocycles. The van der Waals surface area contributed by atoms with E-state index in [9.17, 15) is 9.18 Å². The summed E-state index contributed by atoms with van der Waals surface area (Å²) in [6, 6.07) is 14.0. The van der Waals surface area contributed by atoms with Gasteiger partial charge in [-0.25, -0.2) is 9.37 Å². The van der Waals surface area contributed by atoms with Crippen molar-refractivity contribution in [2.75, 3.05) is 20.2 Å². The minimum atomic E-state index is -0.421. The first kappa shape index (κ1) is 19.3. The zero-order valence-electron chi connectivity index (χ0n) is 16.4. The minimum absolute atomic E-state index is 0.0499. The Balaban J connectivity index is 1.49. The highest BCUT2D eigenvalue weighted by molar-refractivity contribution is 6.00. The second-order valence-corrected chi connectivity index (χ2v) is 7.34. The molecular weight excluding hydrogens is 369 g/mol. The first-order valence-electron chi connectivity index (χ1n) is 9.83. The Labute approximate surface area is 169 Å². The van der Waals surface area contributed by atoms with Crippen LogP contribution < -0.4 is 4.74 Å². The van der Waals surface area contributed by atoms with E-state index >= 15 is 0 Å². The van der Waals surface area contributed by atoms with Crippen LogP contribution >= 0.6 is 0 Å². The van der Waals surface area contributed by atoms with E-state index in [0.717, 1.165) is 37.4 Å². The lowest BCUT2D eigenvalue weighted by Gasteiger charge is -2.32. The van der Waals surface area contributed by atoms with E-state index < -0.39 is 5.82 Å². The summed E-state index contributed by atoms with van der Waals surface area (Å²) >= 11 is 0. The van der Waals surface area contributed by atoms with Crippen LogP contribution in [-0.2, 0) is 6.54 Å². The van der Waals surface area contributed by atoms with Crippen LogP contribution in [0, 0.1) is 11.7 Å². The zero-order chi connectivity index (χ0) is 20.2. The van der Waals surface area contributed by atoms with Crippen molar-refractivity contribution >= 4 is 5.78 Å². The monoisotopic (exact) mass is 393 g/mol. The number of rotatable bonds is 6. The molecule has 1 fully saturated rings. The van der Waals surface area contributed by atoms with Gasteiger partial charge in [-0.2, -0.15) is 0 Å². The molecule has 3 aromatic rings. The molecule has 0 bridgehead atoms. The Morgan fingerprint density at radius 3 is 2.93 bits per heavy atom. The molecule has 0 N–H and O–H groups in total. The molecule has 0 unspecified atom stereocenters. The number of hydrogen-bond donors (Lipinski definition) is 0. The van der Waals surface area contributed by atoms with Gasteiger partial charge in [-0.1, -0.05) is 6.07 Å². The molecule has 0 radical (unpaired) electrons. The maximum atomic E-state index is 13.7. The number of likely N-dealkylation sites (tertiary alicyclic amines) is 1. The van der Waals surface area contributed by atoms with E-state index in [2.05, 4.69) is 20.5 Å². The van der Waals surface area contributed by atoms with Crippen molar-refractivity contribution in [1.29, 1.82) is 0 Å². The van der Waals surface area contributed by atoms with Crippen LogP contribution in [-0.4, -0.2) is 40.4 Å². The van der Waals surface area contributed by atoms with Crippen molar-refractivity contribution in [3.63, 3.8) is 0 Å². The highest BCUT2D eigenvalue weighted by Crippen LogP contribution is 2.28. The van der Waals surface area contributed by atoms with Crippen LogP contribution in [0.15, 0.2) is 60.9 Å². The fourth-order valence-electron chi connectivity index (χ4n) is 4.00. The summed E-state index contributed by atoms with van der Waals surface area (Å²) in [6.07, 6.45) is 5.51. The average Bonchev–Trinajstić information content (AvgIpc) is 3.22. The van der Waals surface area contributed by atoms with E-state index in [0.29, 0.717) is 17.9 Å². The summed E-state index contributed by atoms with van der Waals surface area (Å²) in [4.78, 5) is 19.8. The van der Waals surface area contributed by atoms with Crippen molar-refractivity contribution in [2.24, 2.45) is 5.92 Å². The van der Waals surface area contributed by atoms with Crippen molar-refractivity contribution in [2.45, 2.75) is 19.4 Å². The molecular formula is C23H24FN3O2. The van der Waals surface area contributed by atoms with Crippen LogP contribution in [0.4, 0.5) is 4.39 Å². The van der Waals surface area contributed by atoms with Crippen molar-refractivity contribution < 1.29 is 13.9 Å².